The van der Waals surface area contributed by atoms with Crippen molar-refractivity contribution in [2.24, 2.45) is 17.3 Å². The number of methoxy groups -OCH3 is 1. The number of aromatic nitrogens is 2. The molecule has 0 amide bonds. The summed E-state index contributed by atoms with van der Waals surface area (Å²) in [5, 5.41) is 38.1. The molecule has 2 aromatic heterocycles. The van der Waals surface area contributed by atoms with Gasteiger partial charge in [0.1, 0.15) is 29.2 Å². The van der Waals surface area contributed by atoms with Crippen LogP contribution in [0.2, 0.25) is 0 Å². The van der Waals surface area contributed by atoms with Gasteiger partial charge < -0.3 is 44.6 Å². The summed E-state index contributed by atoms with van der Waals surface area (Å²) >= 11 is 0. The lowest BCUT2D eigenvalue weighted by molar-refractivity contribution is -0.148. The van der Waals surface area contributed by atoms with E-state index in [4.69, 9.17) is 9.47 Å². The van der Waals surface area contributed by atoms with Crippen molar-refractivity contribution in [1.29, 1.82) is 0 Å². The molecule has 9 rings (SSSR count). The Morgan fingerprint density at radius 1 is 0.900 bits per heavy atom. The van der Waals surface area contributed by atoms with E-state index in [2.05, 4.69) is 83.1 Å². The van der Waals surface area contributed by atoms with E-state index < -0.39 is 23.9 Å². The first-order chi connectivity index (χ1) is 33.9. The Balaban J connectivity index is 1.21. The minimum absolute atomic E-state index is 0.0186. The van der Waals surface area contributed by atoms with E-state index in [-0.39, 0.29) is 64.8 Å². The molecule has 4 bridgehead atoms. The van der Waals surface area contributed by atoms with Crippen LogP contribution in [0.5, 0.6) is 23.0 Å². The number of nitrogens with one attached hydrogen (secondary N) is 2. The van der Waals surface area contributed by atoms with Crippen LogP contribution >= 0.6 is 0 Å². The first-order valence-corrected chi connectivity index (χ1v) is 25.0. The number of rotatable bonds is 8. The van der Waals surface area contributed by atoms with E-state index in [1.165, 1.54) is 20.1 Å². The number of Topliss-reactive ketones (excluding diaryl/α,β-unsaturated/α-hetero) is 2. The first-order valence-electron chi connectivity index (χ1n) is 25.0. The number of hydrogen-bond donors (Lipinski definition) is 5. The van der Waals surface area contributed by atoms with E-state index in [1.54, 1.807) is 12.1 Å². The van der Waals surface area contributed by atoms with Crippen LogP contribution in [-0.2, 0) is 32.0 Å². The van der Waals surface area contributed by atoms with Gasteiger partial charge in [-0.05, 0) is 114 Å². The van der Waals surface area contributed by atoms with E-state index in [0.717, 1.165) is 76.6 Å². The summed E-state index contributed by atoms with van der Waals surface area (Å²) in [7, 11) is 1.41. The van der Waals surface area contributed by atoms with Crippen molar-refractivity contribution in [3.05, 3.63) is 149 Å². The number of carbonyl (C=O) groups is 3. The Labute approximate surface area is 410 Å². The number of fused-ring (bicyclic) bond motifs is 3. The summed E-state index contributed by atoms with van der Waals surface area (Å²) in [5.74, 6) is 0.0354. The summed E-state index contributed by atoms with van der Waals surface area (Å²) in [6.45, 7) is 4.56. The number of benzene rings is 3. The highest BCUT2D eigenvalue weighted by molar-refractivity contribution is 5.95. The van der Waals surface area contributed by atoms with Gasteiger partial charge in [0.25, 0.3) is 0 Å². The average Bonchev–Trinajstić information content (AvgIpc) is 4.00. The summed E-state index contributed by atoms with van der Waals surface area (Å²) in [6, 6.07) is 16.1. The largest absolute Gasteiger partial charge is 0.508 e. The number of hydrogen-bond acceptors (Lipinski definition) is 10. The molecule has 1 fully saturated rings. The van der Waals surface area contributed by atoms with Gasteiger partial charge in [0, 0.05) is 86.7 Å². The molecule has 0 radical (unpaired) electrons. The highest BCUT2D eigenvalue weighted by Gasteiger charge is 2.37. The molecule has 3 aromatic carbocycles. The minimum atomic E-state index is -0.696. The molecule has 0 saturated heterocycles. The van der Waals surface area contributed by atoms with Crippen LogP contribution in [0.3, 0.4) is 0 Å². The molecule has 1 spiro atoms. The zero-order valence-corrected chi connectivity index (χ0v) is 40.5. The van der Waals surface area contributed by atoms with E-state index in [1.807, 2.05) is 41.2 Å². The fraction of sp³-hybridized carbons (Fsp3) is 0.397. The smallest absolute Gasteiger partial charge is 0.302 e. The molecule has 12 nitrogen and oxygen atoms in total. The molecular weight excluding hydrogens is 881 g/mol. The van der Waals surface area contributed by atoms with Gasteiger partial charge in [-0.25, -0.2) is 0 Å². The summed E-state index contributed by atoms with van der Waals surface area (Å²) in [6.07, 6.45) is 28.4. The van der Waals surface area contributed by atoms with Crippen LogP contribution in [0.15, 0.2) is 127 Å². The maximum Gasteiger partial charge on any atom is 0.302 e. The molecule has 5 atom stereocenters. The van der Waals surface area contributed by atoms with Crippen LogP contribution in [0.1, 0.15) is 112 Å². The highest BCUT2D eigenvalue weighted by Crippen LogP contribution is 2.45. The number of phenols is 3. The molecular formula is C58H66N4O8. The molecule has 4 aliphatic rings. The normalized spacial score (nSPS) is 23.5. The van der Waals surface area contributed by atoms with Gasteiger partial charge in [-0.15, -0.1) is 0 Å². The number of dihydropyridines is 1. The lowest BCUT2D eigenvalue weighted by Crippen LogP contribution is -2.36. The second-order valence-corrected chi connectivity index (χ2v) is 19.9. The number of nitrogens with zero attached hydrogens (tertiary/aromatic N) is 2. The number of anilines is 1. The fourth-order valence-corrected chi connectivity index (χ4v) is 11.5. The molecule has 5 aromatic rings. The first kappa shape index (κ1) is 48.1. The van der Waals surface area contributed by atoms with Crippen molar-refractivity contribution in [3.8, 4) is 23.0 Å². The van der Waals surface area contributed by atoms with E-state index >= 15 is 0 Å². The molecule has 5 N–H and O–H groups in total. The summed E-state index contributed by atoms with van der Waals surface area (Å²) in [5.41, 5.74) is 5.42. The second-order valence-electron chi connectivity index (χ2n) is 19.9. The summed E-state index contributed by atoms with van der Waals surface area (Å²) in [4.78, 5) is 47.1. The monoisotopic (exact) mass is 946 g/mol. The number of aromatic amines is 1. The molecule has 12 heteroatoms. The third kappa shape index (κ3) is 10.5. The van der Waals surface area contributed by atoms with Gasteiger partial charge in [-0.2, -0.15) is 0 Å². The van der Waals surface area contributed by atoms with Gasteiger partial charge in [-0.1, -0.05) is 80.8 Å². The van der Waals surface area contributed by atoms with Gasteiger partial charge in [0.2, 0.25) is 5.75 Å². The maximum absolute atomic E-state index is 14.6. The topological polar surface area (TPSA) is 166 Å². The third-order valence-corrected chi connectivity index (χ3v) is 15.4. The maximum atomic E-state index is 14.6. The van der Waals surface area contributed by atoms with Crippen molar-refractivity contribution in [2.45, 2.75) is 109 Å². The number of ketones is 2. The van der Waals surface area contributed by atoms with E-state index in [0.29, 0.717) is 50.8 Å². The molecule has 4 heterocycles. The number of allylic oxidation sites excluding steroid dienone is 6. The number of H-pyrrole nitrogens is 1. The lowest BCUT2D eigenvalue weighted by Gasteiger charge is -2.38. The second kappa shape index (κ2) is 21.0. The van der Waals surface area contributed by atoms with Gasteiger partial charge in [0.05, 0.1) is 18.8 Å². The number of phenolic OH excluding ortho intramolecular Hbond substituents is 3. The Kier molecular flexibility index (Phi) is 14.4. The lowest BCUT2D eigenvalue weighted by atomic mass is 9.66. The Hall–Kier alpha value is -6.95. The molecule has 2 aliphatic heterocycles. The van der Waals surface area contributed by atoms with Gasteiger partial charge in [-0.3, -0.25) is 14.4 Å². The Morgan fingerprint density at radius 3 is 2.50 bits per heavy atom. The van der Waals surface area contributed by atoms with E-state index in [9.17, 15) is 29.7 Å². The van der Waals surface area contributed by atoms with Crippen LogP contribution in [0.4, 0.5) is 5.69 Å². The molecule has 366 valence electrons. The van der Waals surface area contributed by atoms with Crippen molar-refractivity contribution in [2.75, 3.05) is 25.1 Å². The van der Waals surface area contributed by atoms with Crippen LogP contribution < -0.4 is 15.0 Å². The van der Waals surface area contributed by atoms with Crippen molar-refractivity contribution >= 4 is 34.0 Å². The quantitative estimate of drug-likeness (QED) is 0.0746. The average molecular weight is 947 g/mol. The third-order valence-electron chi connectivity index (χ3n) is 15.4. The van der Waals surface area contributed by atoms with Crippen LogP contribution in [-0.4, -0.2) is 68.7 Å². The van der Waals surface area contributed by atoms with Crippen LogP contribution in [0.25, 0.3) is 10.8 Å². The number of aromatic hydroxyl groups is 3. The molecule has 70 heavy (non-hydrogen) atoms. The SMILES string of the molecule is COc1cc([C@@H]2CC(=O)C[C@H](OC(C)=O)CC[C@@]3(C=CC=C[C@@H]3C)Cc3c[nH]cc3C[C@@H](c3cccc(O)c3)C3=CCNC(=C3)N(CCC(=O)C3CCCCC3)c3cccc4cn2cc34)cc(O)c1O. The van der Waals surface area contributed by atoms with Crippen molar-refractivity contribution in [1.82, 2.24) is 14.9 Å². The summed E-state index contributed by atoms with van der Waals surface area (Å²) < 4.78 is 13.5. The van der Waals surface area contributed by atoms with Gasteiger partial charge >= 0.3 is 5.97 Å². The van der Waals surface area contributed by atoms with Crippen molar-refractivity contribution < 1.29 is 39.2 Å². The molecule has 1 saturated carbocycles. The molecule has 2 aliphatic carbocycles. The number of carbonyl (C=O) groups excluding carboxylic acids is 3. The zero-order chi connectivity index (χ0) is 48.9. The van der Waals surface area contributed by atoms with Crippen molar-refractivity contribution in [3.63, 3.8) is 0 Å². The number of esters is 1. The Bertz CT molecular complexity index is 2860. The highest BCUT2D eigenvalue weighted by atomic mass is 16.5. The standard InChI is InChI=1S/C58H66N4O8/c1-37-11-7-8-21-58(37)22-18-48(70-38(2)63)30-47(65)31-52(43-27-54(67)57(68)55(28-43)69-3)61-35-42-15-10-17-51(50(42)36-61)62(24-20-53(66)39-12-5-4-6-13-39)56-29-41(19-23-60-56)49(40-14-9-16-46(64)25-40)26-44-33-59-34-45(44)32-58/h7-11,14-17,19,21,25,27-29,33-37,39,48-49,52,59-60,64,67-68H,4-6,12-13,18,20,22-24,26,30-32H2,1-3H3/t37-,48+,49-,52-,58-/m0/s1. The predicted molar refractivity (Wildman–Crippen MR) is 272 cm³/mol. The predicted octanol–water partition coefficient (Wildman–Crippen LogP) is 10.8. The van der Waals surface area contributed by atoms with Crippen LogP contribution in [0, 0.1) is 17.3 Å². The Morgan fingerprint density at radius 2 is 1.71 bits per heavy atom. The van der Waals surface area contributed by atoms with Gasteiger partial charge in [0.15, 0.2) is 11.5 Å². The zero-order valence-electron chi connectivity index (χ0n) is 40.5. The molecule has 0 unspecified atom stereocenters. The number of ether oxygens (including phenoxy) is 2. The minimum Gasteiger partial charge on any atom is -0.508 e. The fourth-order valence-electron chi connectivity index (χ4n) is 11.5.